The van der Waals surface area contributed by atoms with Crippen LogP contribution in [0.4, 0.5) is 0 Å². The van der Waals surface area contributed by atoms with E-state index in [1.54, 1.807) is 20.8 Å². The third kappa shape index (κ3) is 7.43. The van der Waals surface area contributed by atoms with Crippen LogP contribution < -0.4 is 4.72 Å². The highest BCUT2D eigenvalue weighted by atomic mass is 32.2. The minimum Gasteiger partial charge on any atom is -0.214 e. The number of rotatable bonds is 8. The zero-order valence-corrected chi connectivity index (χ0v) is 15.7. The maximum Gasteiger partial charge on any atom is 0.211 e. The molecule has 0 atom stereocenters. The Morgan fingerprint density at radius 2 is 1.61 bits per heavy atom. The minimum atomic E-state index is -3.44. The molecular weight excluding hydrogens is 336 g/mol. The summed E-state index contributed by atoms with van der Waals surface area (Å²) in [6.45, 7) is 5.49. The van der Waals surface area contributed by atoms with Crippen LogP contribution in [0.1, 0.15) is 26.3 Å². The van der Waals surface area contributed by atoms with Crippen molar-refractivity contribution in [3.05, 3.63) is 35.9 Å². The van der Waals surface area contributed by atoms with Crippen molar-refractivity contribution < 1.29 is 16.8 Å². The molecule has 1 aromatic carbocycles. The Morgan fingerprint density at radius 3 is 2.09 bits per heavy atom. The van der Waals surface area contributed by atoms with Crippen molar-refractivity contribution in [2.24, 2.45) is 0 Å². The highest BCUT2D eigenvalue weighted by molar-refractivity contribution is 7.89. The number of hydrogen-bond acceptors (Lipinski definition) is 4. The van der Waals surface area contributed by atoms with Crippen molar-refractivity contribution in [3.63, 3.8) is 0 Å². The first-order chi connectivity index (χ1) is 10.4. The lowest BCUT2D eigenvalue weighted by molar-refractivity contribution is 0.254. The maximum atomic E-state index is 12.0. The molecule has 0 aliphatic rings. The van der Waals surface area contributed by atoms with Gasteiger partial charge in [-0.1, -0.05) is 30.3 Å². The molecule has 0 saturated heterocycles. The van der Waals surface area contributed by atoms with Gasteiger partial charge < -0.3 is 0 Å². The molecule has 0 amide bonds. The van der Waals surface area contributed by atoms with Crippen LogP contribution in [-0.4, -0.2) is 51.8 Å². The van der Waals surface area contributed by atoms with Crippen molar-refractivity contribution in [2.75, 3.05) is 25.1 Å². The second-order valence-corrected chi connectivity index (χ2v) is 10.3. The quantitative estimate of drug-likeness (QED) is 0.753. The predicted octanol–water partition coefficient (Wildman–Crippen LogP) is 1.21. The molecule has 8 heteroatoms. The number of nitrogens with zero attached hydrogens (tertiary/aromatic N) is 1. The molecule has 0 saturated carbocycles. The van der Waals surface area contributed by atoms with Crippen molar-refractivity contribution in [1.82, 2.24) is 9.03 Å². The number of aryl methyl sites for hydroxylation is 1. The largest absolute Gasteiger partial charge is 0.214 e. The second kappa shape index (κ2) is 7.74. The lowest BCUT2D eigenvalue weighted by atomic mass is 10.1. The highest BCUT2D eigenvalue weighted by Crippen LogP contribution is 2.16. The van der Waals surface area contributed by atoms with E-state index in [-0.39, 0.29) is 18.8 Å². The van der Waals surface area contributed by atoms with Gasteiger partial charge in [0, 0.05) is 18.6 Å². The summed E-state index contributed by atoms with van der Waals surface area (Å²) < 4.78 is 51.4. The fourth-order valence-corrected chi connectivity index (χ4v) is 4.74. The van der Waals surface area contributed by atoms with Crippen molar-refractivity contribution in [1.29, 1.82) is 0 Å². The Hall–Kier alpha value is -0.960. The Morgan fingerprint density at radius 1 is 1.04 bits per heavy atom. The number of benzene rings is 1. The van der Waals surface area contributed by atoms with E-state index in [0.717, 1.165) is 11.8 Å². The Labute approximate surface area is 140 Å². The number of sulfonamides is 2. The van der Waals surface area contributed by atoms with Gasteiger partial charge in [0.15, 0.2) is 0 Å². The van der Waals surface area contributed by atoms with E-state index in [0.29, 0.717) is 6.42 Å². The average molecular weight is 363 g/mol. The summed E-state index contributed by atoms with van der Waals surface area (Å²) in [6.07, 6.45) is 1.55. The van der Waals surface area contributed by atoms with Gasteiger partial charge in [-0.2, -0.15) is 4.31 Å². The average Bonchev–Trinajstić information content (AvgIpc) is 2.40. The van der Waals surface area contributed by atoms with Gasteiger partial charge in [-0.25, -0.2) is 21.6 Å². The molecule has 0 spiro atoms. The van der Waals surface area contributed by atoms with Crippen LogP contribution in [0.15, 0.2) is 30.3 Å². The van der Waals surface area contributed by atoms with Crippen molar-refractivity contribution in [2.45, 2.75) is 32.7 Å². The topological polar surface area (TPSA) is 83.6 Å². The standard InChI is InChI=1S/C15H26N2O4S2/c1-15(2,3)17(22(4,18)19)12-11-16-23(20,21)13-10-14-8-6-5-7-9-14/h5-9,16H,10-13H2,1-4H3. The predicted molar refractivity (Wildman–Crippen MR) is 93.2 cm³/mol. The molecule has 6 nitrogen and oxygen atoms in total. The van der Waals surface area contributed by atoms with Crippen LogP contribution in [-0.2, 0) is 26.5 Å². The van der Waals surface area contributed by atoms with Gasteiger partial charge in [-0.15, -0.1) is 0 Å². The molecule has 0 aliphatic heterocycles. The van der Waals surface area contributed by atoms with E-state index < -0.39 is 25.6 Å². The van der Waals surface area contributed by atoms with E-state index in [1.165, 1.54) is 4.31 Å². The van der Waals surface area contributed by atoms with E-state index in [4.69, 9.17) is 0 Å². The summed E-state index contributed by atoms with van der Waals surface area (Å²) in [5.74, 6) is -0.0224. The fraction of sp³-hybridized carbons (Fsp3) is 0.600. The summed E-state index contributed by atoms with van der Waals surface area (Å²) in [5.41, 5.74) is 0.355. The van der Waals surface area contributed by atoms with Crippen molar-refractivity contribution >= 4 is 20.0 Å². The highest BCUT2D eigenvalue weighted by Gasteiger charge is 2.29. The summed E-state index contributed by atoms with van der Waals surface area (Å²) in [4.78, 5) is 0. The van der Waals surface area contributed by atoms with Crippen molar-refractivity contribution in [3.8, 4) is 0 Å². The minimum absolute atomic E-state index is 0.0224. The first-order valence-corrected chi connectivity index (χ1v) is 10.9. The van der Waals surface area contributed by atoms with Gasteiger partial charge in [0.2, 0.25) is 20.0 Å². The molecule has 0 radical (unpaired) electrons. The Bertz CT molecular complexity index is 693. The van der Waals surface area contributed by atoms with Gasteiger partial charge in [0.1, 0.15) is 0 Å². The van der Waals surface area contributed by atoms with E-state index >= 15 is 0 Å². The Kier molecular flexibility index (Phi) is 6.76. The molecule has 0 unspecified atom stereocenters. The van der Waals surface area contributed by atoms with Crippen LogP contribution in [0.25, 0.3) is 0 Å². The summed E-state index contributed by atoms with van der Waals surface area (Å²) in [5, 5.41) is 0. The van der Waals surface area contributed by atoms with E-state index in [9.17, 15) is 16.8 Å². The summed E-state index contributed by atoms with van der Waals surface area (Å²) in [7, 11) is -6.84. The van der Waals surface area contributed by atoms with Gasteiger partial charge >= 0.3 is 0 Å². The fourth-order valence-electron chi connectivity index (χ4n) is 2.27. The van der Waals surface area contributed by atoms with Crippen LogP contribution in [0.2, 0.25) is 0 Å². The van der Waals surface area contributed by atoms with Crippen LogP contribution in [0.5, 0.6) is 0 Å². The normalized spacial score (nSPS) is 13.4. The summed E-state index contributed by atoms with van der Waals surface area (Å²) in [6, 6.07) is 9.36. The first-order valence-electron chi connectivity index (χ1n) is 7.41. The monoisotopic (exact) mass is 362 g/mol. The second-order valence-electron chi connectivity index (χ2n) is 6.45. The number of nitrogens with one attached hydrogen (secondary N) is 1. The molecular formula is C15H26N2O4S2. The van der Waals surface area contributed by atoms with Crippen LogP contribution >= 0.6 is 0 Å². The molecule has 1 aromatic rings. The summed E-state index contributed by atoms with van der Waals surface area (Å²) >= 11 is 0. The molecule has 0 aliphatic carbocycles. The SMILES string of the molecule is CC(C)(C)N(CCNS(=O)(=O)CCc1ccccc1)S(C)(=O)=O. The smallest absolute Gasteiger partial charge is 0.211 e. The zero-order valence-electron chi connectivity index (χ0n) is 14.1. The third-order valence-corrected chi connectivity index (χ3v) is 6.20. The van der Waals surface area contributed by atoms with E-state index in [2.05, 4.69) is 4.72 Å². The maximum absolute atomic E-state index is 12.0. The van der Waals surface area contributed by atoms with Gasteiger partial charge in [0.05, 0.1) is 12.0 Å². The van der Waals surface area contributed by atoms with Gasteiger partial charge in [0.25, 0.3) is 0 Å². The van der Waals surface area contributed by atoms with E-state index in [1.807, 2.05) is 30.3 Å². The molecule has 23 heavy (non-hydrogen) atoms. The number of hydrogen-bond donors (Lipinski definition) is 1. The zero-order chi connectivity index (χ0) is 17.7. The van der Waals surface area contributed by atoms with Crippen LogP contribution in [0.3, 0.4) is 0 Å². The molecule has 0 aromatic heterocycles. The molecule has 132 valence electrons. The van der Waals surface area contributed by atoms with Gasteiger partial charge in [-0.05, 0) is 32.8 Å². The third-order valence-electron chi connectivity index (χ3n) is 3.29. The molecule has 0 fully saturated rings. The Balaban J connectivity index is 2.56. The van der Waals surface area contributed by atoms with Gasteiger partial charge in [-0.3, -0.25) is 0 Å². The van der Waals surface area contributed by atoms with Crippen LogP contribution in [0, 0.1) is 0 Å². The lowest BCUT2D eigenvalue weighted by Crippen LogP contribution is -2.48. The molecule has 0 bridgehead atoms. The molecule has 1 N–H and O–H groups in total. The molecule has 1 rings (SSSR count). The first kappa shape index (κ1) is 20.1. The lowest BCUT2D eigenvalue weighted by Gasteiger charge is -2.33. The molecule has 0 heterocycles.